The van der Waals surface area contributed by atoms with Crippen LogP contribution in [0.5, 0.6) is 0 Å². The number of pyridine rings is 1. The number of fused-ring (bicyclic) bond motifs is 2. The van der Waals surface area contributed by atoms with E-state index in [0.717, 1.165) is 11.6 Å². The minimum Gasteiger partial charge on any atom is -0.299 e. The Morgan fingerprint density at radius 3 is 2.93 bits per heavy atom. The summed E-state index contributed by atoms with van der Waals surface area (Å²) in [5.41, 5.74) is 4.04. The first kappa shape index (κ1) is 9.10. The highest BCUT2D eigenvalue weighted by atomic mass is 15.2. The third-order valence-corrected chi connectivity index (χ3v) is 3.64. The average Bonchev–Trinajstić information content (AvgIpc) is 2.76. The van der Waals surface area contributed by atoms with Gasteiger partial charge in [-0.05, 0) is 49.6 Å². The zero-order chi connectivity index (χ0) is 10.4. The number of rotatable bonds is 1. The van der Waals surface area contributed by atoms with Crippen LogP contribution in [0.25, 0.3) is 5.57 Å². The summed E-state index contributed by atoms with van der Waals surface area (Å²) in [5.74, 6) is 0.752. The molecule has 3 rings (SSSR count). The van der Waals surface area contributed by atoms with Gasteiger partial charge in [0.05, 0.1) is 0 Å². The van der Waals surface area contributed by atoms with Gasteiger partial charge in [-0.25, -0.2) is 0 Å². The highest BCUT2D eigenvalue weighted by Crippen LogP contribution is 2.41. The molecular weight excluding hydrogens is 184 g/mol. The minimum absolute atomic E-state index is 0.679. The second-order valence-corrected chi connectivity index (χ2v) is 4.75. The number of hydrogen-bond acceptors (Lipinski definition) is 2. The maximum atomic E-state index is 4.25. The van der Waals surface area contributed by atoms with Gasteiger partial charge in [-0.2, -0.15) is 0 Å². The highest BCUT2D eigenvalue weighted by Gasteiger charge is 2.36. The Kier molecular flexibility index (Phi) is 1.93. The summed E-state index contributed by atoms with van der Waals surface area (Å²) in [4.78, 5) is 6.70. The van der Waals surface area contributed by atoms with Crippen molar-refractivity contribution in [2.24, 2.45) is 5.92 Å². The van der Waals surface area contributed by atoms with Gasteiger partial charge in [0.25, 0.3) is 0 Å². The van der Waals surface area contributed by atoms with Crippen LogP contribution in [0.4, 0.5) is 0 Å². The minimum atomic E-state index is 0.679. The molecule has 0 amide bonds. The zero-order valence-corrected chi connectivity index (χ0v) is 9.27. The second-order valence-electron chi connectivity index (χ2n) is 4.75. The van der Waals surface area contributed by atoms with Crippen LogP contribution in [0, 0.1) is 12.8 Å². The number of hydrogen-bond donors (Lipinski definition) is 0. The lowest BCUT2D eigenvalue weighted by atomic mass is 9.96. The molecule has 2 aliphatic rings. The maximum Gasteiger partial charge on any atom is 0.0378 e. The largest absolute Gasteiger partial charge is 0.299 e. The number of aryl methyl sites for hydroxylation is 1. The van der Waals surface area contributed by atoms with Gasteiger partial charge in [0.15, 0.2) is 0 Å². The quantitative estimate of drug-likeness (QED) is 0.690. The van der Waals surface area contributed by atoms with E-state index < -0.39 is 0 Å². The Bertz CT molecular complexity index is 422. The fraction of sp³-hybridized carbons (Fsp3) is 0.462. The Morgan fingerprint density at radius 2 is 2.33 bits per heavy atom. The van der Waals surface area contributed by atoms with Gasteiger partial charge in [-0.3, -0.25) is 9.88 Å². The van der Waals surface area contributed by atoms with Crippen molar-refractivity contribution in [2.45, 2.75) is 19.4 Å². The molecule has 1 aliphatic heterocycles. The van der Waals surface area contributed by atoms with E-state index in [2.05, 4.69) is 42.1 Å². The van der Waals surface area contributed by atoms with E-state index in [9.17, 15) is 0 Å². The summed E-state index contributed by atoms with van der Waals surface area (Å²) < 4.78 is 0. The number of aromatic nitrogens is 1. The number of likely N-dealkylation sites (N-methyl/N-ethyl adjacent to an activating group) is 1. The summed E-state index contributed by atoms with van der Waals surface area (Å²) in [6.07, 6.45) is 5.66. The van der Waals surface area contributed by atoms with Crippen molar-refractivity contribution >= 4 is 5.57 Å². The van der Waals surface area contributed by atoms with Crippen molar-refractivity contribution in [2.75, 3.05) is 13.6 Å². The first-order chi connectivity index (χ1) is 7.24. The molecule has 1 aliphatic carbocycles. The Hall–Kier alpha value is -1.15. The SMILES string of the molecule is Cc1cc(C2=CC3CC2CN3C)ccn1. The summed E-state index contributed by atoms with van der Waals surface area (Å²) >= 11 is 0. The topological polar surface area (TPSA) is 16.1 Å². The van der Waals surface area contributed by atoms with E-state index in [0.29, 0.717) is 6.04 Å². The average molecular weight is 200 g/mol. The molecule has 1 aromatic rings. The zero-order valence-electron chi connectivity index (χ0n) is 9.27. The molecular formula is C13H16N2. The van der Waals surface area contributed by atoms with E-state index in [1.165, 1.54) is 18.5 Å². The fourth-order valence-electron chi connectivity index (χ4n) is 2.85. The molecule has 2 heteroatoms. The van der Waals surface area contributed by atoms with Crippen molar-refractivity contribution in [3.63, 3.8) is 0 Å². The second kappa shape index (κ2) is 3.17. The van der Waals surface area contributed by atoms with E-state index in [1.54, 1.807) is 5.57 Å². The molecule has 0 saturated carbocycles. The molecule has 2 unspecified atom stereocenters. The molecule has 0 radical (unpaired) electrons. The molecule has 2 atom stereocenters. The van der Waals surface area contributed by atoms with Crippen LogP contribution < -0.4 is 0 Å². The van der Waals surface area contributed by atoms with Crippen LogP contribution in [0.2, 0.25) is 0 Å². The number of nitrogens with zero attached hydrogens (tertiary/aromatic N) is 2. The molecule has 78 valence electrons. The van der Waals surface area contributed by atoms with E-state index in [4.69, 9.17) is 0 Å². The van der Waals surface area contributed by atoms with Crippen LogP contribution in [0.15, 0.2) is 24.4 Å². The van der Waals surface area contributed by atoms with Gasteiger partial charge in [0.1, 0.15) is 0 Å². The van der Waals surface area contributed by atoms with Gasteiger partial charge in [-0.15, -0.1) is 0 Å². The van der Waals surface area contributed by atoms with Gasteiger partial charge < -0.3 is 0 Å². The van der Waals surface area contributed by atoms with Crippen molar-refractivity contribution in [1.82, 2.24) is 9.88 Å². The molecule has 1 fully saturated rings. The molecule has 0 N–H and O–H groups in total. The summed E-state index contributed by atoms with van der Waals surface area (Å²) in [6, 6.07) is 5.02. The van der Waals surface area contributed by atoms with Crippen LogP contribution >= 0.6 is 0 Å². The molecule has 0 spiro atoms. The smallest absolute Gasteiger partial charge is 0.0378 e. The van der Waals surface area contributed by atoms with Crippen molar-refractivity contribution in [1.29, 1.82) is 0 Å². The molecule has 2 bridgehead atoms. The Labute approximate surface area is 90.6 Å². The normalized spacial score (nSPS) is 29.6. The van der Waals surface area contributed by atoms with E-state index in [1.807, 2.05) is 6.20 Å². The lowest BCUT2D eigenvalue weighted by Crippen LogP contribution is -2.25. The van der Waals surface area contributed by atoms with Gasteiger partial charge in [0, 0.05) is 24.5 Å². The fourth-order valence-corrected chi connectivity index (χ4v) is 2.85. The van der Waals surface area contributed by atoms with Crippen LogP contribution in [0.1, 0.15) is 17.7 Å². The monoisotopic (exact) mass is 200 g/mol. The molecule has 15 heavy (non-hydrogen) atoms. The van der Waals surface area contributed by atoms with Gasteiger partial charge in [0.2, 0.25) is 0 Å². The first-order valence-corrected chi connectivity index (χ1v) is 5.59. The van der Waals surface area contributed by atoms with Crippen molar-refractivity contribution < 1.29 is 0 Å². The summed E-state index contributed by atoms with van der Waals surface area (Å²) in [7, 11) is 2.22. The number of likely N-dealkylation sites (tertiary alicyclic amines) is 1. The molecule has 1 aromatic heterocycles. The molecule has 1 saturated heterocycles. The first-order valence-electron chi connectivity index (χ1n) is 5.59. The molecule has 2 nitrogen and oxygen atoms in total. The summed E-state index contributed by atoms with van der Waals surface area (Å²) in [6.45, 7) is 3.28. The predicted molar refractivity (Wildman–Crippen MR) is 61.5 cm³/mol. The van der Waals surface area contributed by atoms with Crippen molar-refractivity contribution in [3.05, 3.63) is 35.7 Å². The Balaban J connectivity index is 1.97. The highest BCUT2D eigenvalue weighted by molar-refractivity contribution is 5.71. The lowest BCUT2D eigenvalue weighted by molar-refractivity contribution is 0.347. The van der Waals surface area contributed by atoms with Gasteiger partial charge in [-0.1, -0.05) is 6.08 Å². The third-order valence-electron chi connectivity index (χ3n) is 3.64. The van der Waals surface area contributed by atoms with E-state index >= 15 is 0 Å². The van der Waals surface area contributed by atoms with E-state index in [-0.39, 0.29) is 0 Å². The van der Waals surface area contributed by atoms with Gasteiger partial charge >= 0.3 is 0 Å². The Morgan fingerprint density at radius 1 is 1.47 bits per heavy atom. The molecule has 0 aromatic carbocycles. The molecule has 2 heterocycles. The van der Waals surface area contributed by atoms with Crippen LogP contribution in [0.3, 0.4) is 0 Å². The van der Waals surface area contributed by atoms with Crippen molar-refractivity contribution in [3.8, 4) is 0 Å². The maximum absolute atomic E-state index is 4.25. The predicted octanol–water partition coefficient (Wildman–Crippen LogP) is 2.11. The van der Waals surface area contributed by atoms with Crippen LogP contribution in [-0.4, -0.2) is 29.5 Å². The third kappa shape index (κ3) is 1.40. The standard InChI is InChI=1S/C13H16N2/c1-9-5-10(3-4-14-9)13-7-12-6-11(13)8-15(12)2/h3-5,7,11-12H,6,8H2,1-2H3. The lowest BCUT2D eigenvalue weighted by Gasteiger charge is -2.21. The van der Waals surface area contributed by atoms with Crippen LogP contribution in [-0.2, 0) is 0 Å². The summed E-state index contributed by atoms with van der Waals surface area (Å²) in [5, 5.41) is 0.